The Morgan fingerprint density at radius 2 is 1.94 bits per heavy atom. The van der Waals surface area contributed by atoms with Gasteiger partial charge in [0.15, 0.2) is 5.13 Å². The van der Waals surface area contributed by atoms with Gasteiger partial charge in [0.2, 0.25) is 5.95 Å². The van der Waals surface area contributed by atoms with Crippen LogP contribution < -0.4 is 16.0 Å². The topological polar surface area (TPSA) is 95.1 Å². The molecule has 5 rings (SSSR count). The number of anilines is 2. The number of nitrogens with zero attached hydrogens (tertiary/aromatic N) is 4. The van der Waals surface area contributed by atoms with Crippen LogP contribution in [-0.2, 0) is 0 Å². The van der Waals surface area contributed by atoms with E-state index >= 15 is 0 Å². The fraction of sp³-hybridized carbons (Fsp3) is 0.478. The summed E-state index contributed by atoms with van der Waals surface area (Å²) in [6, 6.07) is 5.87. The Kier molecular flexibility index (Phi) is 6.66. The summed E-state index contributed by atoms with van der Waals surface area (Å²) in [5.41, 5.74) is 2.13. The summed E-state index contributed by atoms with van der Waals surface area (Å²) in [4.78, 5) is 29.3. The molecule has 174 valence electrons. The van der Waals surface area contributed by atoms with Crippen LogP contribution in [0.4, 0.5) is 11.1 Å². The zero-order chi connectivity index (χ0) is 22.7. The summed E-state index contributed by atoms with van der Waals surface area (Å²) < 4.78 is 1.04. The van der Waals surface area contributed by atoms with E-state index in [-0.39, 0.29) is 5.91 Å². The van der Waals surface area contributed by atoms with E-state index in [1.807, 2.05) is 41.7 Å². The monoisotopic (exact) mass is 483 g/mol. The van der Waals surface area contributed by atoms with Crippen LogP contribution in [0.15, 0.2) is 35.5 Å². The van der Waals surface area contributed by atoms with Crippen molar-refractivity contribution in [3.8, 4) is 0 Å². The second-order valence-electron chi connectivity index (χ2n) is 8.75. The normalized spacial score (nSPS) is 17.2. The smallest absolute Gasteiger partial charge is 0.253 e. The first-order chi connectivity index (χ1) is 16.1. The number of rotatable bonds is 8. The summed E-state index contributed by atoms with van der Waals surface area (Å²) >= 11 is 3.23. The minimum atomic E-state index is 0.140. The molecule has 0 saturated carbocycles. The minimum Gasteiger partial charge on any atom is -0.361 e. The minimum absolute atomic E-state index is 0.140. The number of amides is 1. The van der Waals surface area contributed by atoms with Crippen LogP contribution in [-0.4, -0.2) is 71.3 Å². The highest BCUT2D eigenvalue weighted by molar-refractivity contribution is 7.98. The van der Waals surface area contributed by atoms with E-state index in [1.165, 1.54) is 0 Å². The van der Waals surface area contributed by atoms with Crippen molar-refractivity contribution in [3.63, 3.8) is 0 Å². The zero-order valence-electron chi connectivity index (χ0n) is 18.8. The van der Waals surface area contributed by atoms with Crippen molar-refractivity contribution in [1.29, 1.82) is 0 Å². The summed E-state index contributed by atoms with van der Waals surface area (Å²) in [7, 11) is 0. The predicted molar refractivity (Wildman–Crippen MR) is 135 cm³/mol. The molecule has 10 heteroatoms. The van der Waals surface area contributed by atoms with E-state index in [1.54, 1.807) is 23.1 Å². The van der Waals surface area contributed by atoms with Gasteiger partial charge in [0.25, 0.3) is 5.91 Å². The third-order valence-electron chi connectivity index (χ3n) is 6.52. The van der Waals surface area contributed by atoms with E-state index in [2.05, 4.69) is 30.9 Å². The van der Waals surface area contributed by atoms with Crippen LogP contribution in [0.25, 0.3) is 10.2 Å². The lowest BCUT2D eigenvalue weighted by Crippen LogP contribution is -2.58. The van der Waals surface area contributed by atoms with Crippen molar-refractivity contribution in [2.24, 2.45) is 5.41 Å². The number of hydrogen-bond acceptors (Lipinski definition) is 9. The van der Waals surface area contributed by atoms with Gasteiger partial charge in [-0.05, 0) is 49.1 Å². The Hall–Kier alpha value is -2.43. The van der Waals surface area contributed by atoms with Crippen molar-refractivity contribution < 1.29 is 4.79 Å². The SMILES string of the molecule is CSc1cnc(NCCCNc2nc3ccc(C(=O)N4CCC5(CC4)CNC5)cc3s2)nc1. The third-order valence-corrected chi connectivity index (χ3v) is 8.18. The molecule has 2 aliphatic rings. The molecule has 1 amide bonds. The molecule has 2 aliphatic heterocycles. The lowest BCUT2D eigenvalue weighted by molar-refractivity contribution is 0.0415. The Balaban J connectivity index is 1.11. The van der Waals surface area contributed by atoms with Crippen LogP contribution in [0.3, 0.4) is 0 Å². The molecule has 3 aromatic rings. The quantitative estimate of drug-likeness (QED) is 0.331. The first-order valence-electron chi connectivity index (χ1n) is 11.4. The van der Waals surface area contributed by atoms with Gasteiger partial charge in [-0.1, -0.05) is 11.3 Å². The maximum absolute atomic E-state index is 13.0. The third kappa shape index (κ3) is 5.07. The number of fused-ring (bicyclic) bond motifs is 1. The number of thiazole rings is 1. The molecule has 3 N–H and O–H groups in total. The summed E-state index contributed by atoms with van der Waals surface area (Å²) in [5, 5.41) is 10.9. The summed E-state index contributed by atoms with van der Waals surface area (Å²) in [6.45, 7) is 5.50. The van der Waals surface area contributed by atoms with Crippen molar-refractivity contribution in [3.05, 3.63) is 36.2 Å². The van der Waals surface area contributed by atoms with E-state index < -0.39 is 0 Å². The maximum Gasteiger partial charge on any atom is 0.253 e. The molecule has 0 aliphatic carbocycles. The molecule has 2 saturated heterocycles. The Bertz CT molecular complexity index is 1100. The van der Waals surface area contributed by atoms with Crippen molar-refractivity contribution in [1.82, 2.24) is 25.2 Å². The van der Waals surface area contributed by atoms with Gasteiger partial charge < -0.3 is 20.9 Å². The standard InChI is InChI=1S/C23H29N7OS2/c1-32-17-12-27-21(28-13-17)25-7-2-8-26-22-29-18-4-3-16(11-19(18)33-22)20(31)30-9-5-23(6-10-30)14-24-15-23/h3-4,11-13,24H,2,5-10,14-15H2,1H3,(H,26,29)(H,25,27,28). The highest BCUT2D eigenvalue weighted by atomic mass is 32.2. The van der Waals surface area contributed by atoms with E-state index in [4.69, 9.17) is 0 Å². The number of nitrogens with one attached hydrogen (secondary N) is 3. The van der Waals surface area contributed by atoms with Crippen molar-refractivity contribution in [2.45, 2.75) is 24.2 Å². The van der Waals surface area contributed by atoms with Gasteiger partial charge in [0.05, 0.1) is 10.2 Å². The van der Waals surface area contributed by atoms with Crippen LogP contribution >= 0.6 is 23.1 Å². The van der Waals surface area contributed by atoms with Gasteiger partial charge in [-0.15, -0.1) is 11.8 Å². The van der Waals surface area contributed by atoms with Gasteiger partial charge in [0, 0.05) is 62.1 Å². The van der Waals surface area contributed by atoms with Gasteiger partial charge in [-0.25, -0.2) is 15.0 Å². The fourth-order valence-electron chi connectivity index (χ4n) is 4.33. The lowest BCUT2D eigenvalue weighted by atomic mass is 9.73. The predicted octanol–water partition coefficient (Wildman–Crippen LogP) is 3.55. The number of thioether (sulfide) groups is 1. The molecule has 2 fully saturated rings. The molecule has 4 heterocycles. The number of carbonyl (C=O) groups excluding carboxylic acids is 1. The van der Waals surface area contributed by atoms with Crippen LogP contribution in [0.5, 0.6) is 0 Å². The first-order valence-corrected chi connectivity index (χ1v) is 13.4. The number of aromatic nitrogens is 3. The number of carbonyl (C=O) groups is 1. The molecular weight excluding hydrogens is 454 g/mol. The van der Waals surface area contributed by atoms with Crippen LogP contribution in [0, 0.1) is 5.41 Å². The number of piperidine rings is 1. The molecule has 0 radical (unpaired) electrons. The van der Waals surface area contributed by atoms with E-state index in [0.29, 0.717) is 11.4 Å². The fourth-order valence-corrected chi connectivity index (χ4v) is 5.58. The molecule has 1 spiro atoms. The molecule has 8 nitrogen and oxygen atoms in total. The van der Waals surface area contributed by atoms with E-state index in [9.17, 15) is 4.79 Å². The molecule has 1 aromatic carbocycles. The zero-order valence-corrected chi connectivity index (χ0v) is 20.4. The number of likely N-dealkylation sites (tertiary alicyclic amines) is 1. The van der Waals surface area contributed by atoms with Crippen LogP contribution in [0.2, 0.25) is 0 Å². The number of benzene rings is 1. The second-order valence-corrected chi connectivity index (χ2v) is 10.7. The second kappa shape index (κ2) is 9.82. The first kappa shape index (κ1) is 22.4. The summed E-state index contributed by atoms with van der Waals surface area (Å²) in [5.74, 6) is 0.791. The van der Waals surface area contributed by atoms with Gasteiger partial charge >= 0.3 is 0 Å². The average Bonchev–Trinajstić information content (AvgIpc) is 3.25. The molecule has 2 aromatic heterocycles. The highest BCUT2D eigenvalue weighted by Gasteiger charge is 2.40. The van der Waals surface area contributed by atoms with Gasteiger partial charge in [-0.3, -0.25) is 4.79 Å². The van der Waals surface area contributed by atoms with Crippen LogP contribution in [0.1, 0.15) is 29.6 Å². The van der Waals surface area contributed by atoms with Gasteiger partial charge in [-0.2, -0.15) is 0 Å². The molecular formula is C23H29N7OS2. The number of hydrogen-bond donors (Lipinski definition) is 3. The van der Waals surface area contributed by atoms with Crippen molar-refractivity contribution >= 4 is 50.3 Å². The van der Waals surface area contributed by atoms with E-state index in [0.717, 1.165) is 84.3 Å². The lowest BCUT2D eigenvalue weighted by Gasteiger charge is -2.48. The summed E-state index contributed by atoms with van der Waals surface area (Å²) in [6.07, 6.45) is 8.78. The Morgan fingerprint density at radius 3 is 2.64 bits per heavy atom. The Morgan fingerprint density at radius 1 is 1.18 bits per heavy atom. The highest BCUT2D eigenvalue weighted by Crippen LogP contribution is 2.35. The Labute approximate surface area is 202 Å². The molecule has 0 unspecified atom stereocenters. The largest absolute Gasteiger partial charge is 0.361 e. The van der Waals surface area contributed by atoms with Gasteiger partial charge in [0.1, 0.15) is 0 Å². The molecule has 0 atom stereocenters. The van der Waals surface area contributed by atoms with Crippen molar-refractivity contribution in [2.75, 3.05) is 56.2 Å². The average molecular weight is 484 g/mol. The maximum atomic E-state index is 13.0. The molecule has 33 heavy (non-hydrogen) atoms. The molecule has 0 bridgehead atoms.